The molecule has 3 heterocycles. The van der Waals surface area contributed by atoms with Crippen molar-refractivity contribution in [2.45, 2.75) is 38.9 Å². The van der Waals surface area contributed by atoms with Crippen molar-refractivity contribution >= 4 is 88.6 Å². The molecule has 4 nitrogen and oxygen atoms in total. The van der Waals surface area contributed by atoms with Gasteiger partial charge in [-0.3, -0.25) is 0 Å². The van der Waals surface area contributed by atoms with Crippen molar-refractivity contribution < 1.29 is 13.7 Å². The number of rotatable bonds is 2. The molecule has 226 valence electrons. The summed E-state index contributed by atoms with van der Waals surface area (Å²) in [6.45, 7) is 8.38. The molecule has 0 unspecified atom stereocenters. The molecule has 0 radical (unpaired) electrons. The van der Waals surface area contributed by atoms with Gasteiger partial charge in [-0.15, -0.1) is 0 Å². The van der Waals surface area contributed by atoms with Crippen LogP contribution < -0.4 is 5.46 Å². The Balaban J connectivity index is 1.40. The maximum absolute atomic E-state index is 6.87. The fraction of sp³-hybridized carbons (Fsp3) is 0.143. The minimum absolute atomic E-state index is 0.476. The van der Waals surface area contributed by atoms with Crippen LogP contribution >= 0.6 is 0 Å². The molecule has 1 aliphatic heterocycles. The third kappa shape index (κ3) is 3.61. The lowest BCUT2D eigenvalue weighted by Gasteiger charge is -2.32. The summed E-state index contributed by atoms with van der Waals surface area (Å²) >= 11 is 0. The third-order valence-corrected chi connectivity index (χ3v) is 10.8. The van der Waals surface area contributed by atoms with Crippen molar-refractivity contribution in [3.63, 3.8) is 0 Å². The number of benzene rings is 7. The van der Waals surface area contributed by atoms with Crippen LogP contribution in [0, 0.1) is 0 Å². The zero-order chi connectivity index (χ0) is 31.7. The van der Waals surface area contributed by atoms with E-state index < -0.39 is 18.3 Å². The van der Waals surface area contributed by atoms with Crippen molar-refractivity contribution in [3.05, 3.63) is 121 Å². The molecule has 7 aromatic carbocycles. The highest BCUT2D eigenvalue weighted by molar-refractivity contribution is 6.65. The van der Waals surface area contributed by atoms with E-state index >= 15 is 0 Å². The predicted molar refractivity (Wildman–Crippen MR) is 196 cm³/mol. The van der Waals surface area contributed by atoms with Crippen LogP contribution in [0.1, 0.15) is 27.7 Å². The van der Waals surface area contributed by atoms with E-state index in [-0.39, 0.29) is 0 Å². The Hall–Kier alpha value is -5.10. The van der Waals surface area contributed by atoms with Crippen LogP contribution in [-0.4, -0.2) is 22.9 Å². The zero-order valence-corrected chi connectivity index (χ0v) is 26.8. The maximum atomic E-state index is 6.87. The standard InChI is InChI=1S/C42H32BNO3/c1-41(2)42(3,4)47-43(46-41)31-20-23-34(39-38-30-16-10-7-13-27(30)19-24-35(38)45-40(31)39)44-32-21-17-25-11-5-8-14-28(25)36(32)37-29-15-9-6-12-26(29)18-22-33(37)44/h5-24H,1-4H3. The molecule has 0 spiro atoms. The molecule has 10 rings (SSSR count). The molecule has 5 heteroatoms. The smallest absolute Gasteiger partial charge is 0.456 e. The van der Waals surface area contributed by atoms with Crippen LogP contribution in [0.2, 0.25) is 0 Å². The molecule has 2 aromatic heterocycles. The van der Waals surface area contributed by atoms with Crippen LogP contribution in [-0.2, 0) is 9.31 Å². The topological polar surface area (TPSA) is 36.5 Å². The van der Waals surface area contributed by atoms with Crippen molar-refractivity contribution in [3.8, 4) is 5.69 Å². The van der Waals surface area contributed by atoms with Crippen molar-refractivity contribution in [1.82, 2.24) is 4.57 Å². The maximum Gasteiger partial charge on any atom is 0.498 e. The van der Waals surface area contributed by atoms with Gasteiger partial charge in [-0.05, 0) is 84.3 Å². The lowest BCUT2D eigenvalue weighted by Crippen LogP contribution is -2.41. The Labute approximate surface area is 272 Å². The normalized spacial score (nSPS) is 16.2. The number of hydrogen-bond donors (Lipinski definition) is 0. The van der Waals surface area contributed by atoms with Crippen LogP contribution in [0.5, 0.6) is 0 Å². The lowest BCUT2D eigenvalue weighted by molar-refractivity contribution is 0.00578. The van der Waals surface area contributed by atoms with Gasteiger partial charge in [0, 0.05) is 21.6 Å². The molecule has 1 aliphatic rings. The van der Waals surface area contributed by atoms with E-state index in [1.54, 1.807) is 0 Å². The number of furan rings is 1. The lowest BCUT2D eigenvalue weighted by atomic mass is 9.77. The molecule has 0 saturated carbocycles. The third-order valence-electron chi connectivity index (χ3n) is 10.8. The Morgan fingerprint density at radius 3 is 1.53 bits per heavy atom. The quantitative estimate of drug-likeness (QED) is 0.183. The molecule has 1 fully saturated rings. The minimum atomic E-state index is -0.561. The minimum Gasteiger partial charge on any atom is -0.456 e. The molecule has 1 saturated heterocycles. The Bertz CT molecular complexity index is 2660. The Kier molecular flexibility index (Phi) is 5.33. The predicted octanol–water partition coefficient (Wildman–Crippen LogP) is 10.4. The summed E-state index contributed by atoms with van der Waals surface area (Å²) in [6, 6.07) is 43.7. The Morgan fingerprint density at radius 2 is 0.979 bits per heavy atom. The van der Waals surface area contributed by atoms with Crippen LogP contribution in [0.15, 0.2) is 126 Å². The van der Waals surface area contributed by atoms with Gasteiger partial charge in [-0.1, -0.05) is 97.1 Å². The molecular formula is C42H32BNO3. The van der Waals surface area contributed by atoms with Gasteiger partial charge in [0.05, 0.1) is 33.3 Å². The van der Waals surface area contributed by atoms with E-state index in [0.717, 1.165) is 49.5 Å². The molecular weight excluding hydrogens is 577 g/mol. The summed E-state index contributed by atoms with van der Waals surface area (Å²) in [5.74, 6) is 0. The molecule has 0 bridgehead atoms. The molecule has 47 heavy (non-hydrogen) atoms. The first-order chi connectivity index (χ1) is 22.8. The van der Waals surface area contributed by atoms with Gasteiger partial charge in [0.25, 0.3) is 0 Å². The highest BCUT2D eigenvalue weighted by atomic mass is 16.7. The van der Waals surface area contributed by atoms with Gasteiger partial charge in [-0.25, -0.2) is 0 Å². The van der Waals surface area contributed by atoms with Crippen LogP contribution in [0.3, 0.4) is 0 Å². The summed E-state index contributed by atoms with van der Waals surface area (Å²) < 4.78 is 22.6. The number of fused-ring (bicyclic) bond motifs is 12. The van der Waals surface area contributed by atoms with Gasteiger partial charge < -0.3 is 18.3 Å². The molecule has 0 atom stereocenters. The first-order valence-electron chi connectivity index (χ1n) is 16.4. The average Bonchev–Trinajstić information content (AvgIpc) is 3.71. The summed E-state index contributed by atoms with van der Waals surface area (Å²) in [4.78, 5) is 0. The first-order valence-corrected chi connectivity index (χ1v) is 16.4. The number of nitrogens with zero attached hydrogens (tertiary/aromatic N) is 1. The second kappa shape index (κ2) is 9.25. The summed E-state index contributed by atoms with van der Waals surface area (Å²) in [5, 5.41) is 12.0. The highest BCUT2D eigenvalue weighted by Gasteiger charge is 2.52. The van der Waals surface area contributed by atoms with E-state index in [0.29, 0.717) is 0 Å². The monoisotopic (exact) mass is 609 g/mol. The number of aromatic nitrogens is 1. The summed E-state index contributed by atoms with van der Waals surface area (Å²) in [7, 11) is -0.561. The van der Waals surface area contributed by atoms with Crippen LogP contribution in [0.4, 0.5) is 0 Å². The summed E-state index contributed by atoms with van der Waals surface area (Å²) in [6.07, 6.45) is 0. The highest BCUT2D eigenvalue weighted by Crippen LogP contribution is 2.45. The van der Waals surface area contributed by atoms with E-state index in [4.69, 9.17) is 13.7 Å². The van der Waals surface area contributed by atoms with E-state index in [1.807, 2.05) is 0 Å². The fourth-order valence-corrected chi connectivity index (χ4v) is 7.79. The molecule has 9 aromatic rings. The molecule has 0 N–H and O–H groups in total. The van der Waals surface area contributed by atoms with E-state index in [1.165, 1.54) is 37.7 Å². The average molecular weight is 610 g/mol. The van der Waals surface area contributed by atoms with Gasteiger partial charge >= 0.3 is 7.12 Å². The van der Waals surface area contributed by atoms with Crippen molar-refractivity contribution in [1.29, 1.82) is 0 Å². The molecule has 0 amide bonds. The second-order valence-electron chi connectivity index (χ2n) is 13.9. The van der Waals surface area contributed by atoms with Gasteiger partial charge in [0.1, 0.15) is 11.2 Å². The van der Waals surface area contributed by atoms with Crippen LogP contribution in [0.25, 0.3) is 81.7 Å². The number of hydrogen-bond acceptors (Lipinski definition) is 3. The van der Waals surface area contributed by atoms with Gasteiger partial charge in [0.2, 0.25) is 0 Å². The zero-order valence-electron chi connectivity index (χ0n) is 26.8. The summed E-state index contributed by atoms with van der Waals surface area (Å²) in [5.41, 5.74) is 4.99. The SMILES string of the molecule is CC1(C)OB(c2ccc(-n3c4ccc5ccccc5c4c4c5ccccc5ccc43)c3c2oc2ccc4ccccc4c23)OC1(C)C. The second-order valence-corrected chi connectivity index (χ2v) is 13.9. The Morgan fingerprint density at radius 1 is 0.489 bits per heavy atom. The van der Waals surface area contributed by atoms with Gasteiger partial charge in [0.15, 0.2) is 0 Å². The molecule has 0 aliphatic carbocycles. The van der Waals surface area contributed by atoms with Crippen molar-refractivity contribution in [2.24, 2.45) is 0 Å². The first kappa shape index (κ1) is 27.1. The van der Waals surface area contributed by atoms with Gasteiger partial charge in [-0.2, -0.15) is 0 Å². The largest absolute Gasteiger partial charge is 0.498 e. The fourth-order valence-electron chi connectivity index (χ4n) is 7.79. The van der Waals surface area contributed by atoms with E-state index in [9.17, 15) is 0 Å². The van der Waals surface area contributed by atoms with Crippen molar-refractivity contribution in [2.75, 3.05) is 0 Å². The van der Waals surface area contributed by atoms with E-state index in [2.05, 4.69) is 154 Å².